The van der Waals surface area contributed by atoms with E-state index in [0.29, 0.717) is 32.5 Å². The monoisotopic (exact) mass is 920 g/mol. The van der Waals surface area contributed by atoms with Crippen LogP contribution in [0, 0.1) is 5.41 Å². The lowest BCUT2D eigenvalue weighted by molar-refractivity contribution is -0.165. The first-order valence-electron chi connectivity index (χ1n) is 23.2. The lowest BCUT2D eigenvalue weighted by Gasteiger charge is -2.46. The Bertz CT molecular complexity index is 2120. The third kappa shape index (κ3) is 13.4. The summed E-state index contributed by atoms with van der Waals surface area (Å²) in [6.45, 7) is 18.8. The van der Waals surface area contributed by atoms with E-state index in [1.807, 2.05) is 74.5 Å². The van der Waals surface area contributed by atoms with Crippen molar-refractivity contribution in [2.45, 2.75) is 142 Å². The molecular weight excluding hydrogens is 849 g/mol. The molecule has 2 aliphatic rings. The van der Waals surface area contributed by atoms with Gasteiger partial charge in [0.05, 0.1) is 73.0 Å². The van der Waals surface area contributed by atoms with Crippen LogP contribution in [0.25, 0.3) is 0 Å². The highest BCUT2D eigenvalue weighted by atomic mass is 28.4. The lowest BCUT2D eigenvalue weighted by atomic mass is 9.76. The van der Waals surface area contributed by atoms with Crippen molar-refractivity contribution in [3.05, 3.63) is 132 Å². The van der Waals surface area contributed by atoms with E-state index in [4.69, 9.17) is 32.8 Å². The first-order valence-corrected chi connectivity index (χ1v) is 28.7. The fourth-order valence-corrected chi connectivity index (χ4v) is 15.6. The van der Waals surface area contributed by atoms with Crippen LogP contribution in [0.15, 0.2) is 120 Å². The molecular formula is C54H72O9Si2. The number of rotatable bonds is 20. The second-order valence-electron chi connectivity index (χ2n) is 20.5. The first-order chi connectivity index (χ1) is 30.9. The molecule has 2 heterocycles. The molecule has 2 saturated heterocycles. The van der Waals surface area contributed by atoms with Gasteiger partial charge in [0.15, 0.2) is 0 Å². The molecule has 6 rings (SSSR count). The van der Waals surface area contributed by atoms with Crippen LogP contribution in [0.2, 0.25) is 24.7 Å². The summed E-state index contributed by atoms with van der Waals surface area (Å²) in [6, 6.07) is 36.6. The maximum atomic E-state index is 14.8. The van der Waals surface area contributed by atoms with Gasteiger partial charge in [0.2, 0.25) is 0 Å². The number of Topliss-reactive ketones (excluding diaryl/α,β-unsaturated/α-hetero) is 1. The number of hydrogen-bond acceptors (Lipinski definition) is 9. The summed E-state index contributed by atoms with van der Waals surface area (Å²) in [4.78, 5) is 28.5. The van der Waals surface area contributed by atoms with E-state index >= 15 is 0 Å². The largest absolute Gasteiger partial charge is 0.497 e. The van der Waals surface area contributed by atoms with Gasteiger partial charge in [0, 0.05) is 24.7 Å². The third-order valence-corrected chi connectivity index (χ3v) is 19.1. The molecule has 0 bridgehead atoms. The number of esters is 1. The molecule has 2 aliphatic heterocycles. The van der Waals surface area contributed by atoms with Crippen LogP contribution >= 0.6 is 0 Å². The summed E-state index contributed by atoms with van der Waals surface area (Å²) < 4.78 is 44.1. The van der Waals surface area contributed by atoms with Crippen molar-refractivity contribution >= 4 is 38.5 Å². The average Bonchev–Trinajstić information content (AvgIpc) is 3.26. The van der Waals surface area contributed by atoms with Gasteiger partial charge >= 0.3 is 5.97 Å². The first kappa shape index (κ1) is 50.1. The number of carbonyl (C=O) groups excluding carboxylic acids is 2. The van der Waals surface area contributed by atoms with Crippen LogP contribution in [0.5, 0.6) is 11.5 Å². The summed E-state index contributed by atoms with van der Waals surface area (Å²) >= 11 is 0. The van der Waals surface area contributed by atoms with Gasteiger partial charge in [-0.05, 0) is 63.6 Å². The highest BCUT2D eigenvalue weighted by Gasteiger charge is 2.53. The van der Waals surface area contributed by atoms with Crippen molar-refractivity contribution in [2.24, 2.45) is 5.41 Å². The fourth-order valence-electron chi connectivity index (χ4n) is 9.41. The van der Waals surface area contributed by atoms with Gasteiger partial charge in [-0.3, -0.25) is 9.59 Å². The molecule has 0 N–H and O–H groups in total. The van der Waals surface area contributed by atoms with Gasteiger partial charge in [0.25, 0.3) is 8.32 Å². The van der Waals surface area contributed by atoms with Crippen LogP contribution < -0.4 is 19.8 Å². The van der Waals surface area contributed by atoms with Gasteiger partial charge < -0.3 is 32.8 Å². The van der Waals surface area contributed by atoms with Gasteiger partial charge in [-0.15, -0.1) is 0 Å². The van der Waals surface area contributed by atoms with Crippen molar-refractivity contribution in [3.63, 3.8) is 0 Å². The molecule has 65 heavy (non-hydrogen) atoms. The summed E-state index contributed by atoms with van der Waals surface area (Å²) in [5, 5.41) is 2.04. The zero-order valence-corrected chi connectivity index (χ0v) is 42.4. The van der Waals surface area contributed by atoms with E-state index in [2.05, 4.69) is 94.6 Å². The minimum absolute atomic E-state index is 0.0385. The van der Waals surface area contributed by atoms with E-state index in [1.54, 1.807) is 14.2 Å². The number of benzene rings is 4. The Balaban J connectivity index is 1.23. The number of cyclic esters (lactones) is 1. The average molecular weight is 921 g/mol. The number of hydrogen-bond donors (Lipinski definition) is 0. The molecule has 0 radical (unpaired) electrons. The van der Waals surface area contributed by atoms with Crippen LogP contribution in [0.4, 0.5) is 0 Å². The molecule has 0 aliphatic carbocycles. The summed E-state index contributed by atoms with van der Waals surface area (Å²) in [5.74, 6) is 1.29. The van der Waals surface area contributed by atoms with E-state index < -0.39 is 40.1 Å². The Labute approximate surface area is 390 Å². The highest BCUT2D eigenvalue weighted by Crippen LogP contribution is 2.41. The van der Waals surface area contributed by atoms with E-state index in [9.17, 15) is 9.59 Å². The second-order valence-corrected chi connectivity index (χ2v) is 29.8. The zero-order valence-electron chi connectivity index (χ0n) is 40.4. The predicted octanol–water partition coefficient (Wildman–Crippen LogP) is 10.2. The Morgan fingerprint density at radius 3 is 1.78 bits per heavy atom. The SMILES string of the molecule is COc1ccc(COC[C@H]2C/C(=C\[Si](C)(C)C)C[C@H](CC(=O)C(C)(C)[C@H](C[C@H]3C[C@@H](O[Si](c4ccccc4)(c4ccccc4)C(C)(C)C)CC(=O)O3)OCc3ccc(OC)cc3)O2)cc1. The quantitative estimate of drug-likeness (QED) is 0.0634. The van der Waals surface area contributed by atoms with Gasteiger partial charge in [-0.2, -0.15) is 0 Å². The Morgan fingerprint density at radius 2 is 1.26 bits per heavy atom. The molecule has 350 valence electrons. The Kier molecular flexibility index (Phi) is 16.9. The van der Waals surface area contributed by atoms with Crippen LogP contribution in [-0.4, -0.2) is 79.5 Å². The third-order valence-electron chi connectivity index (χ3n) is 12.7. The zero-order chi connectivity index (χ0) is 46.8. The molecule has 0 unspecified atom stereocenters. The molecule has 4 aromatic rings. The lowest BCUT2D eigenvalue weighted by Crippen LogP contribution is -2.68. The van der Waals surface area contributed by atoms with Crippen LogP contribution in [0.3, 0.4) is 0 Å². The van der Waals surface area contributed by atoms with Crippen molar-refractivity contribution in [2.75, 3.05) is 20.8 Å². The number of ether oxygens (including phenoxy) is 6. The van der Waals surface area contributed by atoms with Crippen molar-refractivity contribution in [1.82, 2.24) is 0 Å². The smallest absolute Gasteiger partial charge is 0.308 e. The minimum Gasteiger partial charge on any atom is -0.497 e. The fraction of sp³-hybridized carbons (Fsp3) is 0.481. The molecule has 11 heteroatoms. The maximum Gasteiger partial charge on any atom is 0.308 e. The van der Waals surface area contributed by atoms with Crippen molar-refractivity contribution in [3.8, 4) is 11.5 Å². The summed E-state index contributed by atoms with van der Waals surface area (Å²) in [5.41, 5.74) is 4.82. The normalized spacial score (nSPS) is 20.8. The second kappa shape index (κ2) is 22.0. The van der Waals surface area contributed by atoms with Crippen LogP contribution in [0.1, 0.15) is 84.3 Å². The Morgan fingerprint density at radius 1 is 0.723 bits per heavy atom. The topological polar surface area (TPSA) is 98.8 Å². The Hall–Kier alpha value is -4.37. The predicted molar refractivity (Wildman–Crippen MR) is 263 cm³/mol. The molecule has 5 atom stereocenters. The number of methoxy groups -OCH3 is 2. The van der Waals surface area contributed by atoms with Crippen molar-refractivity contribution < 1.29 is 42.4 Å². The van der Waals surface area contributed by atoms with E-state index in [0.717, 1.165) is 39.4 Å². The van der Waals surface area contributed by atoms with E-state index in [1.165, 1.54) is 5.57 Å². The summed E-state index contributed by atoms with van der Waals surface area (Å²) in [7, 11) is -1.25. The standard InChI is InChI=1S/C54H72O9Si2/c1-53(2,3)65(48-17-13-11-14-18-48,49-19-15-12-16-20-49)63-46-31-45(62-52(56)34-46)33-51(60-36-40-23-27-43(58-7)28-24-40)54(4,5)50(55)32-44-29-41(38-64(8,9)10)30-47(61-44)37-59-35-39-21-25-42(57-6)26-22-39/h11-28,38,44-47,51H,29-37H2,1-10H3/b41-38-/t44-,45-,46-,47-,51+/m1/s1. The van der Waals surface area contributed by atoms with Gasteiger partial charge in [-0.1, -0.05) is 150 Å². The molecule has 9 nitrogen and oxygen atoms in total. The minimum atomic E-state index is -2.97. The van der Waals surface area contributed by atoms with Gasteiger partial charge in [0.1, 0.15) is 23.4 Å². The molecule has 0 spiro atoms. The van der Waals surface area contributed by atoms with Crippen LogP contribution in [-0.2, 0) is 46.2 Å². The molecule has 0 saturated carbocycles. The van der Waals surface area contributed by atoms with E-state index in [-0.39, 0.29) is 48.4 Å². The molecule has 2 fully saturated rings. The maximum absolute atomic E-state index is 14.8. The van der Waals surface area contributed by atoms with Crippen molar-refractivity contribution in [1.29, 1.82) is 0 Å². The highest BCUT2D eigenvalue weighted by molar-refractivity contribution is 6.99. The number of ketones is 1. The molecule has 4 aromatic carbocycles. The number of carbonyl (C=O) groups is 2. The molecule has 0 aromatic heterocycles. The van der Waals surface area contributed by atoms with Gasteiger partial charge in [-0.25, -0.2) is 0 Å². The summed E-state index contributed by atoms with van der Waals surface area (Å²) in [6.07, 6.45) is 0.641. The molecule has 0 amide bonds.